The number of halogens is 3. The molecule has 3 aromatic rings. The van der Waals surface area contributed by atoms with E-state index >= 15 is 0 Å². The van der Waals surface area contributed by atoms with Gasteiger partial charge in [-0.2, -0.15) is 5.10 Å². The third kappa shape index (κ3) is 3.64. The van der Waals surface area contributed by atoms with Crippen molar-refractivity contribution < 1.29 is 18.3 Å². The molecule has 8 heteroatoms. The summed E-state index contributed by atoms with van der Waals surface area (Å²) in [5, 5.41) is 7.31. The number of amides is 1. The van der Waals surface area contributed by atoms with E-state index in [1.54, 1.807) is 32.0 Å². The molecule has 27 heavy (non-hydrogen) atoms. The van der Waals surface area contributed by atoms with Gasteiger partial charge in [-0.1, -0.05) is 11.6 Å². The van der Waals surface area contributed by atoms with E-state index in [-0.39, 0.29) is 5.69 Å². The molecule has 0 saturated heterocycles. The quantitative estimate of drug-likeness (QED) is 0.702. The molecule has 3 rings (SSSR count). The third-order valence-electron chi connectivity index (χ3n) is 4.07. The number of hydrogen-bond donors (Lipinski definition) is 1. The van der Waals surface area contributed by atoms with Crippen molar-refractivity contribution in [3.8, 4) is 11.4 Å². The molecule has 5 nitrogen and oxygen atoms in total. The van der Waals surface area contributed by atoms with Gasteiger partial charge in [0.05, 0.1) is 29.1 Å². The van der Waals surface area contributed by atoms with E-state index in [0.717, 1.165) is 12.1 Å². The molecule has 0 aliphatic rings. The van der Waals surface area contributed by atoms with Crippen molar-refractivity contribution in [3.05, 3.63) is 70.0 Å². The third-order valence-corrected chi connectivity index (χ3v) is 4.36. The average Bonchev–Trinajstić information content (AvgIpc) is 2.89. The number of nitrogens with zero attached hydrogens (tertiary/aromatic N) is 2. The van der Waals surface area contributed by atoms with Crippen molar-refractivity contribution in [1.82, 2.24) is 9.78 Å². The molecule has 0 aliphatic heterocycles. The number of carbonyl (C=O) groups is 1. The molecule has 0 unspecified atom stereocenters. The minimum Gasteiger partial charge on any atom is -0.495 e. The lowest BCUT2D eigenvalue weighted by Gasteiger charge is -2.09. The molecule has 0 saturated carbocycles. The van der Waals surface area contributed by atoms with E-state index in [4.69, 9.17) is 16.3 Å². The molecule has 0 atom stereocenters. The van der Waals surface area contributed by atoms with Crippen molar-refractivity contribution in [2.45, 2.75) is 13.8 Å². The normalized spacial score (nSPS) is 10.7. The van der Waals surface area contributed by atoms with Crippen LogP contribution in [0.5, 0.6) is 5.75 Å². The Morgan fingerprint density at radius 2 is 1.93 bits per heavy atom. The number of aromatic nitrogens is 2. The van der Waals surface area contributed by atoms with Crippen molar-refractivity contribution in [2.24, 2.45) is 0 Å². The summed E-state index contributed by atoms with van der Waals surface area (Å²) < 4.78 is 33.6. The molecule has 140 valence electrons. The topological polar surface area (TPSA) is 56.1 Å². The molecule has 0 spiro atoms. The van der Waals surface area contributed by atoms with Crippen LogP contribution < -0.4 is 10.1 Å². The average molecular weight is 392 g/mol. The number of ether oxygens (including phenoxy) is 1. The van der Waals surface area contributed by atoms with Crippen LogP contribution in [0.1, 0.15) is 21.7 Å². The highest BCUT2D eigenvalue weighted by Gasteiger charge is 2.21. The van der Waals surface area contributed by atoms with Crippen LogP contribution in [0.3, 0.4) is 0 Å². The first-order valence-corrected chi connectivity index (χ1v) is 8.36. The molecular weight excluding hydrogens is 376 g/mol. The largest absolute Gasteiger partial charge is 0.495 e. The van der Waals surface area contributed by atoms with Crippen molar-refractivity contribution in [3.63, 3.8) is 0 Å². The highest BCUT2D eigenvalue weighted by molar-refractivity contribution is 6.32. The number of hydrogen-bond acceptors (Lipinski definition) is 3. The van der Waals surface area contributed by atoms with Crippen LogP contribution >= 0.6 is 11.6 Å². The lowest BCUT2D eigenvalue weighted by molar-refractivity contribution is 0.102. The van der Waals surface area contributed by atoms with E-state index in [9.17, 15) is 13.6 Å². The highest BCUT2D eigenvalue weighted by Crippen LogP contribution is 2.28. The zero-order valence-corrected chi connectivity index (χ0v) is 15.6. The van der Waals surface area contributed by atoms with Crippen LogP contribution in [0.15, 0.2) is 36.4 Å². The Bertz CT molecular complexity index is 1030. The van der Waals surface area contributed by atoms with Crippen LogP contribution in [0.2, 0.25) is 5.02 Å². The van der Waals surface area contributed by atoms with Gasteiger partial charge in [0.1, 0.15) is 17.3 Å². The first kappa shape index (κ1) is 18.8. The van der Waals surface area contributed by atoms with Crippen LogP contribution in [-0.2, 0) is 0 Å². The molecule has 0 aliphatic carbocycles. The summed E-state index contributed by atoms with van der Waals surface area (Å²) in [6.07, 6.45) is 0. The molecule has 0 radical (unpaired) electrons. The van der Waals surface area contributed by atoms with Gasteiger partial charge in [-0.05, 0) is 44.2 Å². The van der Waals surface area contributed by atoms with E-state index in [0.29, 0.717) is 33.4 Å². The van der Waals surface area contributed by atoms with Crippen molar-refractivity contribution in [2.75, 3.05) is 12.4 Å². The lowest BCUT2D eigenvalue weighted by Crippen LogP contribution is -2.14. The van der Waals surface area contributed by atoms with Gasteiger partial charge in [0.25, 0.3) is 5.91 Å². The SMILES string of the molecule is COc1ccc(NC(=O)c2c(C)nn(-c3ccc(F)cc3F)c2C)cc1Cl. The Labute approximate surface area is 159 Å². The molecule has 1 amide bonds. The van der Waals surface area contributed by atoms with Gasteiger partial charge < -0.3 is 10.1 Å². The van der Waals surface area contributed by atoms with Gasteiger partial charge >= 0.3 is 0 Å². The zero-order chi connectivity index (χ0) is 19.7. The number of nitrogens with one attached hydrogen (secondary N) is 1. The van der Waals surface area contributed by atoms with Gasteiger partial charge in [-0.25, -0.2) is 13.5 Å². The number of methoxy groups -OCH3 is 1. The highest BCUT2D eigenvalue weighted by atomic mass is 35.5. The number of benzene rings is 2. The van der Waals surface area contributed by atoms with Crippen LogP contribution in [0.25, 0.3) is 5.69 Å². The Morgan fingerprint density at radius 3 is 2.56 bits per heavy atom. The van der Waals surface area contributed by atoms with Gasteiger partial charge in [0, 0.05) is 11.8 Å². The molecule has 1 heterocycles. The fourth-order valence-corrected chi connectivity index (χ4v) is 3.05. The summed E-state index contributed by atoms with van der Waals surface area (Å²) in [4.78, 5) is 12.7. The van der Waals surface area contributed by atoms with E-state index < -0.39 is 17.5 Å². The van der Waals surface area contributed by atoms with Crippen LogP contribution in [0.4, 0.5) is 14.5 Å². The Hall–Kier alpha value is -2.93. The summed E-state index contributed by atoms with van der Waals surface area (Å²) in [5.74, 6) is -1.39. The van der Waals surface area contributed by atoms with Gasteiger partial charge in [0.2, 0.25) is 0 Å². The fraction of sp³-hybridized carbons (Fsp3) is 0.158. The van der Waals surface area contributed by atoms with E-state index in [1.165, 1.54) is 17.9 Å². The number of carbonyl (C=O) groups excluding carboxylic acids is 1. The summed E-state index contributed by atoms with van der Waals surface area (Å²) >= 11 is 6.07. The minimum atomic E-state index is -0.769. The molecule has 0 fully saturated rings. The maximum atomic E-state index is 14.1. The monoisotopic (exact) mass is 391 g/mol. The Balaban J connectivity index is 1.94. The minimum absolute atomic E-state index is 0.0588. The molecule has 1 aromatic heterocycles. The Kier molecular flexibility index (Phi) is 5.14. The zero-order valence-electron chi connectivity index (χ0n) is 14.8. The van der Waals surface area contributed by atoms with Crippen LogP contribution in [-0.4, -0.2) is 22.8 Å². The van der Waals surface area contributed by atoms with Gasteiger partial charge in [-0.15, -0.1) is 0 Å². The maximum Gasteiger partial charge on any atom is 0.259 e. The maximum absolute atomic E-state index is 14.1. The molecule has 0 bridgehead atoms. The molecule has 1 N–H and O–H groups in total. The Morgan fingerprint density at radius 1 is 1.19 bits per heavy atom. The summed E-state index contributed by atoms with van der Waals surface area (Å²) in [5.41, 5.74) is 1.67. The standard InChI is InChI=1S/C19H16ClF2N3O2/c1-10-18(19(26)23-13-5-7-17(27-3)14(20)9-13)11(2)25(24-10)16-6-4-12(21)8-15(16)22/h4-9H,1-3H3,(H,23,26). The van der Waals surface area contributed by atoms with E-state index in [1.807, 2.05) is 0 Å². The van der Waals surface area contributed by atoms with Gasteiger partial charge in [0.15, 0.2) is 5.82 Å². The van der Waals surface area contributed by atoms with E-state index in [2.05, 4.69) is 10.4 Å². The second-order valence-electron chi connectivity index (χ2n) is 5.86. The predicted octanol–water partition coefficient (Wildman–Crippen LogP) is 4.68. The summed E-state index contributed by atoms with van der Waals surface area (Å²) in [6.45, 7) is 3.28. The predicted molar refractivity (Wildman–Crippen MR) is 98.9 cm³/mol. The van der Waals surface area contributed by atoms with Crippen LogP contribution in [0, 0.1) is 25.5 Å². The first-order chi connectivity index (χ1) is 12.8. The fourth-order valence-electron chi connectivity index (χ4n) is 2.80. The summed E-state index contributed by atoms with van der Waals surface area (Å²) in [6, 6.07) is 8.02. The number of anilines is 1. The van der Waals surface area contributed by atoms with Crippen molar-refractivity contribution >= 4 is 23.2 Å². The van der Waals surface area contributed by atoms with Gasteiger partial charge in [-0.3, -0.25) is 4.79 Å². The second kappa shape index (κ2) is 7.36. The summed E-state index contributed by atoms with van der Waals surface area (Å²) in [7, 11) is 1.50. The lowest BCUT2D eigenvalue weighted by atomic mass is 10.1. The number of aryl methyl sites for hydroxylation is 1. The second-order valence-corrected chi connectivity index (χ2v) is 6.26. The smallest absolute Gasteiger partial charge is 0.259 e. The number of rotatable bonds is 4. The molecule has 2 aromatic carbocycles. The molecular formula is C19H16ClF2N3O2. The first-order valence-electron chi connectivity index (χ1n) is 7.98. The van der Waals surface area contributed by atoms with Crippen molar-refractivity contribution in [1.29, 1.82) is 0 Å².